The molecular formula is C22H28N4O4. The summed E-state index contributed by atoms with van der Waals surface area (Å²) in [7, 11) is 0. The molecule has 2 heterocycles. The Labute approximate surface area is 175 Å². The van der Waals surface area contributed by atoms with E-state index < -0.39 is 5.91 Å². The second kappa shape index (κ2) is 8.22. The van der Waals surface area contributed by atoms with Crippen LogP contribution >= 0.6 is 0 Å². The van der Waals surface area contributed by atoms with Crippen molar-refractivity contribution in [2.24, 2.45) is 11.1 Å². The largest absolute Gasteiger partial charge is 0.508 e. The summed E-state index contributed by atoms with van der Waals surface area (Å²) in [6.45, 7) is 6.99. The highest BCUT2D eigenvalue weighted by atomic mass is 16.3. The number of benzene rings is 1. The molecule has 0 radical (unpaired) electrons. The third-order valence-electron chi connectivity index (χ3n) is 5.51. The van der Waals surface area contributed by atoms with Crippen LogP contribution in [0, 0.1) is 12.3 Å². The molecule has 1 atom stereocenters. The number of nitrogens with zero attached hydrogens (tertiary/aromatic N) is 1. The van der Waals surface area contributed by atoms with Crippen molar-refractivity contribution in [3.8, 4) is 5.75 Å². The van der Waals surface area contributed by atoms with Crippen LogP contribution in [0.4, 0.5) is 0 Å². The first-order chi connectivity index (χ1) is 14.1. The number of carbonyl (C=O) groups excluding carboxylic acids is 3. The van der Waals surface area contributed by atoms with Crippen molar-refractivity contribution in [1.82, 2.24) is 15.2 Å². The van der Waals surface area contributed by atoms with E-state index in [1.54, 1.807) is 18.2 Å². The summed E-state index contributed by atoms with van der Waals surface area (Å²) in [4.78, 5) is 41.2. The van der Waals surface area contributed by atoms with Crippen LogP contribution in [0.1, 0.15) is 52.4 Å². The van der Waals surface area contributed by atoms with E-state index in [0.29, 0.717) is 13.1 Å². The zero-order valence-electron chi connectivity index (χ0n) is 17.5. The lowest BCUT2D eigenvalue weighted by Gasteiger charge is -2.25. The van der Waals surface area contributed by atoms with E-state index in [-0.39, 0.29) is 46.8 Å². The number of aromatic hydroxyl groups is 1. The molecule has 8 nitrogen and oxygen atoms in total. The quantitative estimate of drug-likeness (QED) is 0.576. The van der Waals surface area contributed by atoms with E-state index in [2.05, 4.69) is 24.1 Å². The molecule has 8 heteroatoms. The Hall–Kier alpha value is -3.29. The minimum absolute atomic E-state index is 0.00972. The topological polar surface area (TPSA) is 129 Å². The molecular weight excluding hydrogens is 384 g/mol. The van der Waals surface area contributed by atoms with Crippen molar-refractivity contribution in [2.45, 2.75) is 39.7 Å². The molecule has 0 saturated carbocycles. The Bertz CT molecular complexity index is 979. The summed E-state index contributed by atoms with van der Waals surface area (Å²) in [5.74, 6) is -0.818. The number of nitrogens with two attached hydrogens (primary N) is 1. The first-order valence-electron chi connectivity index (χ1n) is 9.91. The standard InChI is InChI=1S/C22H28N4O4/c1-13-8-16(27)5-4-14(13)9-19(28)26-12-22(2,3)10-15(26)11-24-21(30)18-7-6-17(25-18)20(23)29/h4-8,15,25,27H,9-12H2,1-3H3,(H2,23,29)(H,24,30). The highest BCUT2D eigenvalue weighted by molar-refractivity contribution is 5.96. The molecule has 0 aliphatic carbocycles. The minimum atomic E-state index is -0.632. The number of phenolic OH excluding ortho intramolecular Hbond substituents is 1. The number of carbonyl (C=O) groups is 3. The number of amides is 3. The SMILES string of the molecule is Cc1cc(O)ccc1CC(=O)N1CC(C)(C)CC1CNC(=O)c1ccc(C(N)=O)[nH]1. The third-order valence-corrected chi connectivity index (χ3v) is 5.51. The summed E-state index contributed by atoms with van der Waals surface area (Å²) < 4.78 is 0. The Balaban J connectivity index is 1.66. The lowest BCUT2D eigenvalue weighted by Crippen LogP contribution is -2.44. The molecule has 1 aliphatic rings. The molecule has 1 aromatic heterocycles. The van der Waals surface area contributed by atoms with Gasteiger partial charge in [0.1, 0.15) is 17.1 Å². The second-order valence-electron chi connectivity index (χ2n) is 8.69. The van der Waals surface area contributed by atoms with Crippen LogP contribution in [0.5, 0.6) is 5.75 Å². The van der Waals surface area contributed by atoms with Crippen LogP contribution < -0.4 is 11.1 Å². The maximum absolute atomic E-state index is 13.0. The second-order valence-corrected chi connectivity index (χ2v) is 8.69. The Morgan fingerprint density at radius 2 is 1.93 bits per heavy atom. The molecule has 1 fully saturated rings. The molecule has 1 unspecified atom stereocenters. The number of aromatic amines is 1. The summed E-state index contributed by atoms with van der Waals surface area (Å²) in [6, 6.07) is 7.83. The average molecular weight is 412 g/mol. The van der Waals surface area contributed by atoms with Crippen LogP contribution in [0.15, 0.2) is 30.3 Å². The molecule has 1 aromatic carbocycles. The number of hydrogen-bond donors (Lipinski definition) is 4. The van der Waals surface area contributed by atoms with E-state index in [0.717, 1.165) is 17.5 Å². The number of hydrogen-bond acceptors (Lipinski definition) is 4. The molecule has 0 bridgehead atoms. The van der Waals surface area contributed by atoms with Gasteiger partial charge < -0.3 is 26.0 Å². The van der Waals surface area contributed by atoms with Crippen LogP contribution in [0.25, 0.3) is 0 Å². The molecule has 2 aromatic rings. The summed E-state index contributed by atoms with van der Waals surface area (Å²) >= 11 is 0. The predicted molar refractivity (Wildman–Crippen MR) is 112 cm³/mol. The maximum atomic E-state index is 13.0. The van der Waals surface area contributed by atoms with Crippen molar-refractivity contribution in [3.63, 3.8) is 0 Å². The van der Waals surface area contributed by atoms with Gasteiger partial charge in [0, 0.05) is 19.1 Å². The van der Waals surface area contributed by atoms with Crippen LogP contribution in [0.3, 0.4) is 0 Å². The average Bonchev–Trinajstić information content (AvgIpc) is 3.26. The maximum Gasteiger partial charge on any atom is 0.267 e. The molecule has 1 saturated heterocycles. The molecule has 5 N–H and O–H groups in total. The highest BCUT2D eigenvalue weighted by Crippen LogP contribution is 2.34. The Kier molecular flexibility index (Phi) is 5.87. The fourth-order valence-corrected chi connectivity index (χ4v) is 4.00. The van der Waals surface area contributed by atoms with E-state index in [4.69, 9.17) is 5.73 Å². The van der Waals surface area contributed by atoms with Crippen LogP contribution in [0.2, 0.25) is 0 Å². The molecule has 3 amide bonds. The van der Waals surface area contributed by atoms with E-state index >= 15 is 0 Å². The van der Waals surface area contributed by atoms with Gasteiger partial charge in [-0.3, -0.25) is 14.4 Å². The highest BCUT2D eigenvalue weighted by Gasteiger charge is 2.39. The monoisotopic (exact) mass is 412 g/mol. The molecule has 3 rings (SSSR count). The number of nitrogens with one attached hydrogen (secondary N) is 2. The van der Waals surface area contributed by atoms with Gasteiger partial charge in [0.2, 0.25) is 5.91 Å². The van der Waals surface area contributed by atoms with E-state index in [1.807, 2.05) is 11.8 Å². The van der Waals surface area contributed by atoms with Crippen LogP contribution in [-0.2, 0) is 11.2 Å². The van der Waals surface area contributed by atoms with Gasteiger partial charge in [0.25, 0.3) is 11.8 Å². The number of phenols is 1. The number of rotatable bonds is 6. The molecule has 1 aliphatic heterocycles. The van der Waals surface area contributed by atoms with Crippen molar-refractivity contribution in [1.29, 1.82) is 0 Å². The van der Waals surface area contributed by atoms with Gasteiger partial charge in [-0.05, 0) is 54.2 Å². The number of aromatic nitrogens is 1. The van der Waals surface area contributed by atoms with E-state index in [1.165, 1.54) is 12.1 Å². The third kappa shape index (κ3) is 4.82. The van der Waals surface area contributed by atoms with Gasteiger partial charge in [-0.25, -0.2) is 0 Å². The summed E-state index contributed by atoms with van der Waals surface area (Å²) in [5.41, 5.74) is 7.30. The molecule has 30 heavy (non-hydrogen) atoms. The predicted octanol–water partition coefficient (Wildman–Crippen LogP) is 1.73. The number of likely N-dealkylation sites (tertiary alicyclic amines) is 1. The lowest BCUT2D eigenvalue weighted by molar-refractivity contribution is -0.131. The normalized spacial score (nSPS) is 17.7. The van der Waals surface area contributed by atoms with Crippen molar-refractivity contribution >= 4 is 17.7 Å². The van der Waals surface area contributed by atoms with Crippen LogP contribution in [-0.4, -0.2) is 51.8 Å². The summed E-state index contributed by atoms with van der Waals surface area (Å²) in [6.07, 6.45) is 1.01. The van der Waals surface area contributed by atoms with Gasteiger partial charge in [-0.1, -0.05) is 19.9 Å². The van der Waals surface area contributed by atoms with Gasteiger partial charge in [0.15, 0.2) is 0 Å². The van der Waals surface area contributed by atoms with Gasteiger partial charge >= 0.3 is 0 Å². The Morgan fingerprint density at radius 3 is 2.57 bits per heavy atom. The van der Waals surface area contributed by atoms with Crippen molar-refractivity contribution in [3.05, 3.63) is 52.8 Å². The van der Waals surface area contributed by atoms with Gasteiger partial charge in [-0.2, -0.15) is 0 Å². The first kappa shape index (κ1) is 21.4. The van der Waals surface area contributed by atoms with Gasteiger partial charge in [-0.15, -0.1) is 0 Å². The van der Waals surface area contributed by atoms with Gasteiger partial charge in [0.05, 0.1) is 6.42 Å². The number of primary amides is 1. The fourth-order valence-electron chi connectivity index (χ4n) is 4.00. The fraction of sp³-hybridized carbons (Fsp3) is 0.409. The van der Waals surface area contributed by atoms with Crippen molar-refractivity contribution < 1.29 is 19.5 Å². The zero-order chi connectivity index (χ0) is 22.1. The first-order valence-corrected chi connectivity index (χ1v) is 9.91. The minimum Gasteiger partial charge on any atom is -0.508 e. The number of aryl methyl sites for hydroxylation is 1. The lowest BCUT2D eigenvalue weighted by atomic mass is 9.91. The smallest absolute Gasteiger partial charge is 0.267 e. The van der Waals surface area contributed by atoms with Crippen molar-refractivity contribution in [2.75, 3.05) is 13.1 Å². The Morgan fingerprint density at radius 1 is 1.23 bits per heavy atom. The zero-order valence-corrected chi connectivity index (χ0v) is 17.5. The van der Waals surface area contributed by atoms with E-state index in [9.17, 15) is 19.5 Å². The number of H-pyrrole nitrogens is 1. The summed E-state index contributed by atoms with van der Waals surface area (Å²) in [5, 5.41) is 12.4. The molecule has 0 spiro atoms. The molecule has 160 valence electrons.